The smallest absolute Gasteiger partial charge is 0.277 e. The van der Waals surface area contributed by atoms with Gasteiger partial charge in [-0.25, -0.2) is 5.43 Å². The first-order chi connectivity index (χ1) is 10.5. The van der Waals surface area contributed by atoms with E-state index in [-0.39, 0.29) is 12.5 Å². The van der Waals surface area contributed by atoms with Crippen molar-refractivity contribution in [3.63, 3.8) is 0 Å². The Balaban J connectivity index is 1.82. The summed E-state index contributed by atoms with van der Waals surface area (Å²) in [5.74, 6) is 0.376. The maximum absolute atomic E-state index is 11.7. The average Bonchev–Trinajstić information content (AvgIpc) is 2.49. The van der Waals surface area contributed by atoms with Gasteiger partial charge in [0.15, 0.2) is 6.61 Å². The summed E-state index contributed by atoms with van der Waals surface area (Å²) in [5, 5.41) is 3.95. The van der Waals surface area contributed by atoms with Crippen LogP contribution >= 0.6 is 0 Å². The molecule has 2 aromatic carbocycles. The van der Waals surface area contributed by atoms with Gasteiger partial charge in [0, 0.05) is 0 Å². The molecular formula is C18H20N2O2. The number of hydrazone groups is 1. The van der Waals surface area contributed by atoms with Gasteiger partial charge in [-0.1, -0.05) is 41.5 Å². The Labute approximate surface area is 130 Å². The molecule has 0 aliphatic heterocycles. The maximum atomic E-state index is 11.7. The Bertz CT molecular complexity index is 676. The van der Waals surface area contributed by atoms with Gasteiger partial charge in [0.05, 0.1) is 6.21 Å². The van der Waals surface area contributed by atoms with E-state index in [0.29, 0.717) is 5.75 Å². The van der Waals surface area contributed by atoms with Crippen LogP contribution in [0.25, 0.3) is 0 Å². The maximum Gasteiger partial charge on any atom is 0.277 e. The van der Waals surface area contributed by atoms with Crippen LogP contribution < -0.4 is 10.2 Å². The van der Waals surface area contributed by atoms with Gasteiger partial charge >= 0.3 is 0 Å². The number of carbonyl (C=O) groups excluding carboxylic acids is 1. The fraction of sp³-hybridized carbons (Fsp3) is 0.222. The number of ether oxygens (including phenoxy) is 1. The molecule has 4 heteroatoms. The van der Waals surface area contributed by atoms with E-state index in [1.54, 1.807) is 6.21 Å². The standard InChI is InChI=1S/C18H20N2O2/c1-13-5-8-17(9-6-13)22-12-18(21)20-19-11-16-7-4-14(2)10-15(16)3/h4-11H,12H2,1-3H3,(H,20,21). The lowest BCUT2D eigenvalue weighted by Gasteiger charge is -2.05. The van der Waals surface area contributed by atoms with Gasteiger partial charge in [-0.3, -0.25) is 4.79 Å². The van der Waals surface area contributed by atoms with Crippen molar-refractivity contribution in [3.8, 4) is 5.75 Å². The molecule has 1 N–H and O–H groups in total. The lowest BCUT2D eigenvalue weighted by molar-refractivity contribution is -0.123. The van der Waals surface area contributed by atoms with Crippen LogP contribution in [0.15, 0.2) is 47.6 Å². The van der Waals surface area contributed by atoms with Crippen LogP contribution in [0.5, 0.6) is 5.75 Å². The van der Waals surface area contributed by atoms with Crippen LogP contribution in [0.4, 0.5) is 0 Å². The monoisotopic (exact) mass is 296 g/mol. The normalized spacial score (nSPS) is 10.7. The topological polar surface area (TPSA) is 50.7 Å². The third-order valence-electron chi connectivity index (χ3n) is 3.21. The first-order valence-corrected chi connectivity index (χ1v) is 7.13. The fourth-order valence-electron chi connectivity index (χ4n) is 1.96. The minimum atomic E-state index is -0.290. The molecule has 0 aromatic heterocycles. The summed E-state index contributed by atoms with van der Waals surface area (Å²) >= 11 is 0. The van der Waals surface area contributed by atoms with Gasteiger partial charge < -0.3 is 4.74 Å². The molecule has 0 heterocycles. The molecule has 4 nitrogen and oxygen atoms in total. The van der Waals surface area contributed by atoms with Crippen molar-refractivity contribution in [3.05, 3.63) is 64.7 Å². The van der Waals surface area contributed by atoms with Crippen LogP contribution in [0.2, 0.25) is 0 Å². The van der Waals surface area contributed by atoms with Crippen LogP contribution in [0.1, 0.15) is 22.3 Å². The quantitative estimate of drug-likeness (QED) is 0.680. The highest BCUT2D eigenvalue weighted by molar-refractivity contribution is 5.84. The van der Waals surface area contributed by atoms with E-state index < -0.39 is 0 Å². The minimum Gasteiger partial charge on any atom is -0.484 e. The molecule has 0 saturated heterocycles. The highest BCUT2D eigenvalue weighted by Crippen LogP contribution is 2.11. The minimum absolute atomic E-state index is 0.0622. The summed E-state index contributed by atoms with van der Waals surface area (Å²) in [7, 11) is 0. The number of benzene rings is 2. The summed E-state index contributed by atoms with van der Waals surface area (Å²) in [6.07, 6.45) is 1.64. The lowest BCUT2D eigenvalue weighted by atomic mass is 10.1. The fourth-order valence-corrected chi connectivity index (χ4v) is 1.96. The lowest BCUT2D eigenvalue weighted by Crippen LogP contribution is -2.24. The highest BCUT2D eigenvalue weighted by atomic mass is 16.5. The van der Waals surface area contributed by atoms with E-state index in [0.717, 1.165) is 16.7 Å². The second kappa shape index (κ2) is 7.41. The van der Waals surface area contributed by atoms with Gasteiger partial charge in [-0.2, -0.15) is 5.10 Å². The molecule has 0 radical (unpaired) electrons. The Kier molecular flexibility index (Phi) is 5.31. The SMILES string of the molecule is Cc1ccc(OCC(=O)NN=Cc2ccc(C)cc2C)cc1. The third kappa shape index (κ3) is 4.74. The Morgan fingerprint density at radius 3 is 2.45 bits per heavy atom. The molecule has 114 valence electrons. The van der Waals surface area contributed by atoms with E-state index in [1.807, 2.05) is 57.2 Å². The predicted octanol–water partition coefficient (Wildman–Crippen LogP) is 3.14. The summed E-state index contributed by atoms with van der Waals surface area (Å²) < 4.78 is 5.38. The first-order valence-electron chi connectivity index (χ1n) is 7.13. The Morgan fingerprint density at radius 1 is 1.09 bits per heavy atom. The molecule has 0 bridgehead atoms. The predicted molar refractivity (Wildman–Crippen MR) is 88.3 cm³/mol. The van der Waals surface area contributed by atoms with Crippen LogP contribution in [-0.2, 0) is 4.79 Å². The van der Waals surface area contributed by atoms with Crippen LogP contribution in [0.3, 0.4) is 0 Å². The summed E-state index contributed by atoms with van der Waals surface area (Å²) in [4.78, 5) is 11.7. The number of amides is 1. The number of carbonyl (C=O) groups is 1. The molecule has 0 unspecified atom stereocenters. The summed E-state index contributed by atoms with van der Waals surface area (Å²) in [6, 6.07) is 13.6. The van der Waals surface area contributed by atoms with Gasteiger partial charge in [0.1, 0.15) is 5.75 Å². The van der Waals surface area contributed by atoms with Crippen molar-refractivity contribution in [2.45, 2.75) is 20.8 Å². The number of rotatable bonds is 5. The van der Waals surface area contributed by atoms with Crippen molar-refractivity contribution < 1.29 is 9.53 Å². The molecule has 0 saturated carbocycles. The molecule has 0 spiro atoms. The van der Waals surface area contributed by atoms with Crippen molar-refractivity contribution in [2.75, 3.05) is 6.61 Å². The van der Waals surface area contributed by atoms with Gasteiger partial charge in [0.2, 0.25) is 0 Å². The Hall–Kier alpha value is -2.62. The van der Waals surface area contributed by atoms with E-state index in [1.165, 1.54) is 5.56 Å². The number of hydrogen-bond donors (Lipinski definition) is 1. The second-order valence-corrected chi connectivity index (χ2v) is 5.25. The zero-order valence-electron chi connectivity index (χ0n) is 13.1. The molecule has 2 rings (SSSR count). The third-order valence-corrected chi connectivity index (χ3v) is 3.21. The molecule has 1 amide bonds. The van der Waals surface area contributed by atoms with Crippen LogP contribution in [-0.4, -0.2) is 18.7 Å². The van der Waals surface area contributed by atoms with Gasteiger partial charge in [-0.05, 0) is 44.0 Å². The van der Waals surface area contributed by atoms with Gasteiger partial charge in [-0.15, -0.1) is 0 Å². The summed E-state index contributed by atoms with van der Waals surface area (Å²) in [6.45, 7) is 5.99. The molecule has 0 atom stereocenters. The van der Waals surface area contributed by atoms with Gasteiger partial charge in [0.25, 0.3) is 5.91 Å². The number of aryl methyl sites for hydroxylation is 3. The number of nitrogens with zero attached hydrogens (tertiary/aromatic N) is 1. The molecule has 0 fully saturated rings. The molecule has 22 heavy (non-hydrogen) atoms. The highest BCUT2D eigenvalue weighted by Gasteiger charge is 2.01. The molecule has 0 aliphatic rings. The molecular weight excluding hydrogens is 276 g/mol. The number of nitrogens with one attached hydrogen (secondary N) is 1. The molecule has 2 aromatic rings. The van der Waals surface area contributed by atoms with E-state index in [4.69, 9.17) is 4.74 Å². The summed E-state index contributed by atoms with van der Waals surface area (Å²) in [5.41, 5.74) is 6.90. The zero-order chi connectivity index (χ0) is 15.9. The largest absolute Gasteiger partial charge is 0.484 e. The van der Waals surface area contributed by atoms with Crippen molar-refractivity contribution in [1.29, 1.82) is 0 Å². The van der Waals surface area contributed by atoms with E-state index in [2.05, 4.69) is 16.6 Å². The average molecular weight is 296 g/mol. The van der Waals surface area contributed by atoms with Crippen molar-refractivity contribution in [2.24, 2.45) is 5.10 Å². The second-order valence-electron chi connectivity index (χ2n) is 5.25. The first kappa shape index (κ1) is 15.8. The zero-order valence-corrected chi connectivity index (χ0v) is 13.1. The van der Waals surface area contributed by atoms with Crippen molar-refractivity contribution >= 4 is 12.1 Å². The van der Waals surface area contributed by atoms with Crippen LogP contribution in [0, 0.1) is 20.8 Å². The molecule has 0 aliphatic carbocycles. The Morgan fingerprint density at radius 2 is 1.77 bits per heavy atom. The van der Waals surface area contributed by atoms with E-state index >= 15 is 0 Å². The van der Waals surface area contributed by atoms with Crippen molar-refractivity contribution in [1.82, 2.24) is 5.43 Å². The van der Waals surface area contributed by atoms with E-state index in [9.17, 15) is 4.79 Å². The number of hydrogen-bond acceptors (Lipinski definition) is 3.